The van der Waals surface area contributed by atoms with Gasteiger partial charge in [-0.15, -0.1) is 0 Å². The summed E-state index contributed by atoms with van der Waals surface area (Å²) in [5.41, 5.74) is -0.565. The van der Waals surface area contributed by atoms with Crippen LogP contribution >= 0.6 is 0 Å². The van der Waals surface area contributed by atoms with Crippen molar-refractivity contribution in [1.29, 1.82) is 0 Å². The summed E-state index contributed by atoms with van der Waals surface area (Å²) in [4.78, 5) is 12.3. The molecule has 1 heterocycles. The highest BCUT2D eigenvalue weighted by Gasteiger charge is 2.58. The molecule has 2 atom stereocenters. The van der Waals surface area contributed by atoms with E-state index in [0.29, 0.717) is 6.42 Å². The topological polar surface area (TPSA) is 29.6 Å². The molecule has 0 amide bonds. The van der Waals surface area contributed by atoms with Crippen molar-refractivity contribution in [3.05, 3.63) is 24.3 Å². The fraction of sp³-hybridized carbons (Fsp3) is 0.792. The molecule has 0 radical (unpaired) electrons. The molecule has 2 heteroatoms. The molecule has 2 nitrogen and oxygen atoms in total. The second kappa shape index (κ2) is 12.5. The number of fused-ring (bicyclic) bond motifs is 1. The number of epoxide rings is 1. The second-order valence-electron chi connectivity index (χ2n) is 8.20. The summed E-state index contributed by atoms with van der Waals surface area (Å²) in [6, 6.07) is 0. The first-order valence-corrected chi connectivity index (χ1v) is 11.4. The van der Waals surface area contributed by atoms with E-state index < -0.39 is 5.60 Å². The zero-order chi connectivity index (χ0) is 18.5. The van der Waals surface area contributed by atoms with Crippen LogP contribution in [0.15, 0.2) is 24.3 Å². The largest absolute Gasteiger partial charge is 0.349 e. The molecule has 2 rings (SSSR count). The third-order valence-corrected chi connectivity index (χ3v) is 5.87. The third kappa shape index (κ3) is 7.39. The van der Waals surface area contributed by atoms with Gasteiger partial charge in [-0.05, 0) is 12.5 Å². The van der Waals surface area contributed by atoms with Crippen molar-refractivity contribution >= 4 is 5.78 Å². The zero-order valence-corrected chi connectivity index (χ0v) is 17.0. The van der Waals surface area contributed by atoms with Crippen LogP contribution in [0, 0.1) is 0 Å². The average Bonchev–Trinajstić information content (AvgIpc) is 3.41. The lowest BCUT2D eigenvalue weighted by molar-refractivity contribution is -0.122. The quantitative estimate of drug-likeness (QED) is 0.205. The molecule has 2 aliphatic rings. The summed E-state index contributed by atoms with van der Waals surface area (Å²) in [5, 5.41) is 0. The normalized spacial score (nSPS) is 23.2. The number of Topliss-reactive ketones (excluding diaryl/α,β-unsaturated/α-hetero) is 1. The number of carbonyl (C=O) groups excluding carboxylic acids is 1. The summed E-state index contributed by atoms with van der Waals surface area (Å²) in [7, 11) is 0. The van der Waals surface area contributed by atoms with Crippen LogP contribution in [-0.4, -0.2) is 17.5 Å². The van der Waals surface area contributed by atoms with Crippen molar-refractivity contribution in [2.45, 2.75) is 121 Å². The van der Waals surface area contributed by atoms with Gasteiger partial charge in [0.2, 0.25) is 0 Å². The molecule has 1 aliphatic heterocycles. The van der Waals surface area contributed by atoms with Gasteiger partial charge in [-0.3, -0.25) is 4.79 Å². The molecule has 1 aliphatic carbocycles. The van der Waals surface area contributed by atoms with Crippen molar-refractivity contribution in [1.82, 2.24) is 0 Å². The second-order valence-corrected chi connectivity index (χ2v) is 8.20. The highest BCUT2D eigenvalue weighted by Crippen LogP contribution is 2.43. The molecule has 1 saturated heterocycles. The smallest absolute Gasteiger partial charge is 0.175 e. The first kappa shape index (κ1) is 21.4. The molecule has 26 heavy (non-hydrogen) atoms. The van der Waals surface area contributed by atoms with Gasteiger partial charge in [0, 0.05) is 6.42 Å². The lowest BCUT2D eigenvalue weighted by atomic mass is 9.92. The van der Waals surface area contributed by atoms with Crippen molar-refractivity contribution in [2.75, 3.05) is 0 Å². The Hall–Kier alpha value is -0.890. The van der Waals surface area contributed by atoms with Crippen LogP contribution in [0.5, 0.6) is 0 Å². The van der Waals surface area contributed by atoms with E-state index in [1.807, 2.05) is 24.3 Å². The van der Waals surface area contributed by atoms with Crippen LogP contribution in [0.4, 0.5) is 0 Å². The van der Waals surface area contributed by atoms with Gasteiger partial charge in [0.15, 0.2) is 11.4 Å². The van der Waals surface area contributed by atoms with Gasteiger partial charge in [0.1, 0.15) is 6.10 Å². The van der Waals surface area contributed by atoms with E-state index in [2.05, 4.69) is 6.92 Å². The molecular weight excluding hydrogens is 320 g/mol. The van der Waals surface area contributed by atoms with Gasteiger partial charge in [-0.25, -0.2) is 0 Å². The van der Waals surface area contributed by atoms with Crippen LogP contribution in [-0.2, 0) is 9.53 Å². The van der Waals surface area contributed by atoms with Crippen LogP contribution in [0.25, 0.3) is 0 Å². The third-order valence-electron chi connectivity index (χ3n) is 5.87. The summed E-state index contributed by atoms with van der Waals surface area (Å²) in [6.07, 6.45) is 28.9. The summed E-state index contributed by atoms with van der Waals surface area (Å²) >= 11 is 0. The minimum atomic E-state index is -0.565. The molecule has 1 fully saturated rings. The van der Waals surface area contributed by atoms with E-state index in [1.54, 1.807) is 0 Å². The first-order chi connectivity index (χ1) is 12.8. The maximum Gasteiger partial charge on any atom is 0.175 e. The standard InChI is InChI=1S/C24H40O2/c1-2-3-4-5-6-7-8-9-10-11-12-13-14-15-16-19-22(25)24-21-18-17-20-23(24)26-24/h17-18,20-21,23H,2-16,19H2,1H3. The van der Waals surface area contributed by atoms with E-state index in [0.717, 1.165) is 6.42 Å². The Balaban J connectivity index is 1.30. The Kier molecular flexibility index (Phi) is 10.3. The van der Waals surface area contributed by atoms with Gasteiger partial charge in [-0.1, -0.05) is 115 Å². The molecule has 0 bridgehead atoms. The number of carbonyl (C=O) groups is 1. The Morgan fingerprint density at radius 2 is 1.27 bits per heavy atom. The van der Waals surface area contributed by atoms with Crippen molar-refractivity contribution in [3.8, 4) is 0 Å². The Morgan fingerprint density at radius 1 is 0.769 bits per heavy atom. The van der Waals surface area contributed by atoms with Crippen LogP contribution in [0.1, 0.15) is 110 Å². The predicted octanol–water partition coefficient (Wildman–Crippen LogP) is 7.08. The Labute approximate surface area is 161 Å². The lowest BCUT2D eigenvalue weighted by Gasteiger charge is -2.08. The fourth-order valence-corrected chi connectivity index (χ4v) is 4.03. The summed E-state index contributed by atoms with van der Waals surface area (Å²) < 4.78 is 5.58. The number of hydrogen-bond donors (Lipinski definition) is 0. The molecule has 0 saturated carbocycles. The molecule has 0 spiro atoms. The molecule has 0 aromatic carbocycles. The SMILES string of the molecule is CCCCCCCCCCCCCCCCCC(=O)C12C=CC=CC1O2. The van der Waals surface area contributed by atoms with Crippen molar-refractivity contribution in [3.63, 3.8) is 0 Å². The van der Waals surface area contributed by atoms with E-state index in [1.165, 1.54) is 89.9 Å². The highest BCUT2D eigenvalue weighted by atomic mass is 16.6. The number of unbranched alkanes of at least 4 members (excludes halogenated alkanes) is 14. The fourth-order valence-electron chi connectivity index (χ4n) is 4.03. The molecule has 0 aromatic rings. The van der Waals surface area contributed by atoms with Gasteiger partial charge in [-0.2, -0.15) is 0 Å². The maximum absolute atomic E-state index is 12.3. The molecular formula is C24H40O2. The minimum Gasteiger partial charge on any atom is -0.349 e. The van der Waals surface area contributed by atoms with Crippen LogP contribution in [0.3, 0.4) is 0 Å². The number of allylic oxidation sites excluding steroid dienone is 2. The summed E-state index contributed by atoms with van der Waals surface area (Å²) in [5.74, 6) is 0.276. The van der Waals surface area contributed by atoms with Gasteiger partial charge >= 0.3 is 0 Å². The maximum atomic E-state index is 12.3. The Bertz CT molecular complexity index is 451. The van der Waals surface area contributed by atoms with Gasteiger partial charge in [0.25, 0.3) is 0 Å². The molecule has 148 valence electrons. The molecule has 0 aromatic heterocycles. The van der Waals surface area contributed by atoms with Gasteiger partial charge < -0.3 is 4.74 Å². The van der Waals surface area contributed by atoms with E-state index in [4.69, 9.17) is 4.74 Å². The van der Waals surface area contributed by atoms with Crippen molar-refractivity contribution in [2.24, 2.45) is 0 Å². The lowest BCUT2D eigenvalue weighted by Crippen LogP contribution is -2.25. The average molecular weight is 361 g/mol. The van der Waals surface area contributed by atoms with Crippen LogP contribution in [0.2, 0.25) is 0 Å². The van der Waals surface area contributed by atoms with E-state index in [9.17, 15) is 4.79 Å². The van der Waals surface area contributed by atoms with Crippen molar-refractivity contribution < 1.29 is 9.53 Å². The summed E-state index contributed by atoms with van der Waals surface area (Å²) in [6.45, 7) is 2.28. The number of hydrogen-bond acceptors (Lipinski definition) is 2. The van der Waals surface area contributed by atoms with E-state index >= 15 is 0 Å². The molecule has 0 N–H and O–H groups in total. The monoisotopic (exact) mass is 360 g/mol. The first-order valence-electron chi connectivity index (χ1n) is 11.4. The highest BCUT2D eigenvalue weighted by molar-refractivity contribution is 5.93. The number of ketones is 1. The zero-order valence-electron chi connectivity index (χ0n) is 17.0. The van der Waals surface area contributed by atoms with E-state index in [-0.39, 0.29) is 11.9 Å². The minimum absolute atomic E-state index is 0.0244. The number of rotatable bonds is 17. The Morgan fingerprint density at radius 3 is 1.77 bits per heavy atom. The van der Waals surface area contributed by atoms with Crippen LogP contribution < -0.4 is 0 Å². The molecule has 2 unspecified atom stereocenters. The predicted molar refractivity (Wildman–Crippen MR) is 110 cm³/mol. The number of ether oxygens (including phenoxy) is 1. The van der Waals surface area contributed by atoms with Gasteiger partial charge in [0.05, 0.1) is 0 Å².